The van der Waals surface area contributed by atoms with E-state index in [4.69, 9.17) is 0 Å². The molecule has 0 saturated heterocycles. The van der Waals surface area contributed by atoms with Gasteiger partial charge in [-0.15, -0.1) is 0 Å². The average Bonchev–Trinajstić information content (AvgIpc) is 2.91. The van der Waals surface area contributed by atoms with E-state index in [1.165, 1.54) is 73.6 Å². The van der Waals surface area contributed by atoms with Crippen molar-refractivity contribution >= 4 is 0 Å². The highest BCUT2D eigenvalue weighted by Gasteiger charge is 2.06. The first-order valence-electron chi connectivity index (χ1n) is 13.6. The van der Waals surface area contributed by atoms with Gasteiger partial charge >= 0.3 is 0 Å². The Morgan fingerprint density at radius 1 is 0.361 bits per heavy atom. The van der Waals surface area contributed by atoms with E-state index in [9.17, 15) is 0 Å². The molecule has 0 unspecified atom stereocenters. The van der Waals surface area contributed by atoms with Gasteiger partial charge in [-0.25, -0.2) is 18.3 Å². The van der Waals surface area contributed by atoms with Crippen LogP contribution in [-0.2, 0) is 27.2 Å². The molecule has 0 amide bonds. The average molecular weight is 483 g/mol. The molecule has 0 atom stereocenters. The number of hydrogen-bond donors (Lipinski definition) is 0. The van der Waals surface area contributed by atoms with Gasteiger partial charge in [0.15, 0.2) is 49.6 Å². The van der Waals surface area contributed by atoms with Crippen molar-refractivity contribution in [2.75, 3.05) is 0 Å². The minimum absolute atomic E-state index is 1.11. The monoisotopic (exact) mass is 482 g/mol. The molecule has 4 nitrogen and oxygen atoms in total. The minimum Gasteiger partial charge on any atom is -0.208 e. The molecule has 186 valence electrons. The Morgan fingerprint density at radius 3 is 0.917 bits per heavy atom. The first-order chi connectivity index (χ1) is 17.7. The summed E-state index contributed by atoms with van der Waals surface area (Å²) in [5.74, 6) is 0. The molecule has 0 saturated carbocycles. The summed E-state index contributed by atoms with van der Waals surface area (Å²) >= 11 is 0. The van der Waals surface area contributed by atoms with Gasteiger partial charge in [0.25, 0.3) is 0 Å². The van der Waals surface area contributed by atoms with E-state index in [2.05, 4.69) is 130 Å². The molecule has 0 aliphatic heterocycles. The summed E-state index contributed by atoms with van der Waals surface area (Å²) in [5.41, 5.74) is 5.11. The number of aryl methyl sites for hydroxylation is 4. The van der Waals surface area contributed by atoms with Crippen LogP contribution in [0, 0.1) is 0 Å². The number of hydrogen-bond acceptors (Lipinski definition) is 0. The quantitative estimate of drug-likeness (QED) is 0.187. The minimum atomic E-state index is 1.11. The third kappa shape index (κ3) is 8.08. The molecule has 4 aromatic heterocycles. The van der Waals surface area contributed by atoms with Crippen LogP contribution in [0.3, 0.4) is 0 Å². The van der Waals surface area contributed by atoms with Gasteiger partial charge in [0.2, 0.25) is 0 Å². The normalized spacial score (nSPS) is 11.1. The van der Waals surface area contributed by atoms with Crippen molar-refractivity contribution in [2.45, 2.75) is 64.5 Å². The summed E-state index contributed by atoms with van der Waals surface area (Å²) in [6.45, 7) is 2.23. The molecule has 4 rings (SSSR count). The Bertz CT molecular complexity index is 1070. The van der Waals surface area contributed by atoms with Crippen LogP contribution in [0.15, 0.2) is 98.1 Å². The molecular formula is C32H42N4+4. The van der Waals surface area contributed by atoms with Crippen molar-refractivity contribution < 1.29 is 18.3 Å². The highest BCUT2D eigenvalue weighted by atomic mass is 14.9. The lowest BCUT2D eigenvalue weighted by molar-refractivity contribution is -0.697. The Kier molecular flexibility index (Phi) is 9.72. The molecule has 4 heteroatoms. The van der Waals surface area contributed by atoms with E-state index in [1.54, 1.807) is 0 Å². The van der Waals surface area contributed by atoms with Crippen LogP contribution in [-0.4, -0.2) is 0 Å². The van der Waals surface area contributed by atoms with Crippen LogP contribution in [0.5, 0.6) is 0 Å². The summed E-state index contributed by atoms with van der Waals surface area (Å²) in [4.78, 5) is 0. The zero-order valence-corrected chi connectivity index (χ0v) is 22.1. The molecular weight excluding hydrogens is 440 g/mol. The summed E-state index contributed by atoms with van der Waals surface area (Å²) in [7, 11) is 4.10. The second-order valence-electron chi connectivity index (χ2n) is 9.98. The largest absolute Gasteiger partial charge is 0.208 e. The van der Waals surface area contributed by atoms with Crippen molar-refractivity contribution in [2.24, 2.45) is 14.1 Å². The van der Waals surface area contributed by atoms with E-state index in [1.807, 2.05) is 0 Å². The zero-order chi connectivity index (χ0) is 25.0. The van der Waals surface area contributed by atoms with Gasteiger partial charge in [0.1, 0.15) is 27.2 Å². The Hall–Kier alpha value is -3.40. The maximum Gasteiger partial charge on any atom is 0.169 e. The predicted molar refractivity (Wildman–Crippen MR) is 143 cm³/mol. The van der Waals surface area contributed by atoms with Gasteiger partial charge in [0, 0.05) is 61.4 Å². The molecule has 0 radical (unpaired) electrons. The van der Waals surface area contributed by atoms with Crippen LogP contribution in [0.4, 0.5) is 0 Å². The molecule has 0 aliphatic rings. The molecule has 4 heterocycles. The van der Waals surface area contributed by atoms with Gasteiger partial charge in [-0.1, -0.05) is 25.7 Å². The van der Waals surface area contributed by atoms with Crippen molar-refractivity contribution in [3.05, 3.63) is 98.1 Å². The number of unbranched alkanes of at least 4 members (excludes halogenated alkanes) is 7. The van der Waals surface area contributed by atoms with Crippen LogP contribution in [0.1, 0.15) is 51.4 Å². The summed E-state index contributed by atoms with van der Waals surface area (Å²) < 4.78 is 8.77. The molecule has 36 heavy (non-hydrogen) atoms. The second kappa shape index (κ2) is 13.6. The second-order valence-corrected chi connectivity index (χ2v) is 9.98. The van der Waals surface area contributed by atoms with Gasteiger partial charge in [0.05, 0.1) is 0 Å². The van der Waals surface area contributed by atoms with E-state index >= 15 is 0 Å². The fourth-order valence-corrected chi connectivity index (χ4v) is 4.63. The van der Waals surface area contributed by atoms with E-state index in [0.717, 1.165) is 13.1 Å². The number of nitrogens with zero attached hydrogens (tertiary/aromatic N) is 4. The highest BCUT2D eigenvalue weighted by Crippen LogP contribution is 2.16. The third-order valence-electron chi connectivity index (χ3n) is 6.99. The summed E-state index contributed by atoms with van der Waals surface area (Å²) in [5, 5.41) is 0. The van der Waals surface area contributed by atoms with E-state index < -0.39 is 0 Å². The smallest absolute Gasteiger partial charge is 0.169 e. The molecule has 4 aromatic rings. The molecule has 0 bridgehead atoms. The van der Waals surface area contributed by atoms with Crippen molar-refractivity contribution in [3.63, 3.8) is 0 Å². The maximum absolute atomic E-state index is 2.32. The number of pyridine rings is 4. The number of aromatic nitrogens is 4. The first-order valence-corrected chi connectivity index (χ1v) is 13.6. The summed E-state index contributed by atoms with van der Waals surface area (Å²) in [6.07, 6.45) is 27.9. The standard InChI is InChI=1S/C32H42N4/c1-33-21-11-29(12-22-33)31-15-25-35(26-16-31)19-9-7-5-3-4-6-8-10-20-36-27-17-32(18-28-36)30-13-23-34(2)24-14-30/h11-18,21-28H,3-10,19-20H2,1-2H3/q+4. The zero-order valence-electron chi connectivity index (χ0n) is 22.1. The topological polar surface area (TPSA) is 15.5 Å². The highest BCUT2D eigenvalue weighted by molar-refractivity contribution is 5.61. The first kappa shape index (κ1) is 25.7. The van der Waals surface area contributed by atoms with Crippen LogP contribution in [0.2, 0.25) is 0 Å². The number of rotatable bonds is 13. The molecule has 0 N–H and O–H groups in total. The van der Waals surface area contributed by atoms with Gasteiger partial charge in [-0.3, -0.25) is 0 Å². The Morgan fingerprint density at radius 2 is 0.611 bits per heavy atom. The fraction of sp³-hybridized carbons (Fsp3) is 0.375. The van der Waals surface area contributed by atoms with Gasteiger partial charge in [-0.2, -0.15) is 0 Å². The third-order valence-corrected chi connectivity index (χ3v) is 6.99. The molecule has 0 aromatic carbocycles. The van der Waals surface area contributed by atoms with Gasteiger partial charge in [-0.05, 0) is 35.1 Å². The predicted octanol–water partition coefficient (Wildman–Crippen LogP) is 5.07. The van der Waals surface area contributed by atoms with Crippen molar-refractivity contribution in [1.29, 1.82) is 0 Å². The van der Waals surface area contributed by atoms with Crippen LogP contribution >= 0.6 is 0 Å². The SMILES string of the molecule is C[n+]1ccc(-c2cc[n+](CCCCCCCCCC[n+]3ccc(-c4cc[n+](C)cc4)cc3)cc2)cc1. The van der Waals surface area contributed by atoms with Crippen molar-refractivity contribution in [1.82, 2.24) is 0 Å². The molecule has 0 spiro atoms. The lowest BCUT2D eigenvalue weighted by Gasteiger charge is -2.03. The Balaban J connectivity index is 1.03. The summed E-state index contributed by atoms with van der Waals surface area (Å²) in [6, 6.07) is 17.6. The van der Waals surface area contributed by atoms with Crippen LogP contribution < -0.4 is 18.3 Å². The van der Waals surface area contributed by atoms with Crippen LogP contribution in [0.25, 0.3) is 22.3 Å². The fourth-order valence-electron chi connectivity index (χ4n) is 4.63. The Labute approximate surface area is 217 Å². The lowest BCUT2D eigenvalue weighted by atomic mass is 10.1. The lowest BCUT2D eigenvalue weighted by Crippen LogP contribution is -2.32. The van der Waals surface area contributed by atoms with Gasteiger partial charge < -0.3 is 0 Å². The maximum atomic E-state index is 2.32. The molecule has 0 fully saturated rings. The van der Waals surface area contributed by atoms with E-state index in [-0.39, 0.29) is 0 Å². The van der Waals surface area contributed by atoms with E-state index in [0.29, 0.717) is 0 Å². The molecule has 0 aliphatic carbocycles. The van der Waals surface area contributed by atoms with Crippen molar-refractivity contribution in [3.8, 4) is 22.3 Å².